The van der Waals surface area contributed by atoms with E-state index in [1.807, 2.05) is 0 Å². The number of halogens is 6. The zero-order valence-electron chi connectivity index (χ0n) is 23.1. The van der Waals surface area contributed by atoms with Crippen molar-refractivity contribution in [2.75, 3.05) is 6.61 Å². The number of benzene rings is 3. The quantitative estimate of drug-likeness (QED) is 0.167. The van der Waals surface area contributed by atoms with Gasteiger partial charge in [-0.2, -0.15) is 4.39 Å². The monoisotopic (exact) mass is 562 g/mol. The second kappa shape index (κ2) is 13.6. The van der Waals surface area contributed by atoms with E-state index >= 15 is 8.78 Å². The molecule has 216 valence electrons. The first-order valence-corrected chi connectivity index (χ1v) is 14.2. The molecular weight excluding hydrogens is 526 g/mol. The summed E-state index contributed by atoms with van der Waals surface area (Å²) in [7, 11) is 0. The zero-order chi connectivity index (χ0) is 28.8. The van der Waals surface area contributed by atoms with Crippen LogP contribution in [0.5, 0.6) is 5.75 Å². The van der Waals surface area contributed by atoms with Crippen molar-refractivity contribution in [3.8, 4) is 5.75 Å². The lowest BCUT2D eigenvalue weighted by Crippen LogP contribution is -2.16. The summed E-state index contributed by atoms with van der Waals surface area (Å²) < 4.78 is 93.1. The Morgan fingerprint density at radius 3 is 1.73 bits per heavy atom. The molecule has 0 aromatic heterocycles. The highest BCUT2D eigenvalue weighted by atomic mass is 19.2. The van der Waals surface area contributed by atoms with Gasteiger partial charge in [0.2, 0.25) is 5.82 Å². The summed E-state index contributed by atoms with van der Waals surface area (Å²) >= 11 is 0. The molecule has 3 aromatic carbocycles. The van der Waals surface area contributed by atoms with Gasteiger partial charge in [0.1, 0.15) is 0 Å². The van der Waals surface area contributed by atoms with E-state index in [9.17, 15) is 17.6 Å². The molecule has 0 heterocycles. The van der Waals surface area contributed by atoms with Gasteiger partial charge in [-0.15, -0.1) is 0 Å². The Morgan fingerprint density at radius 2 is 1.12 bits per heavy atom. The van der Waals surface area contributed by atoms with Crippen LogP contribution in [-0.4, -0.2) is 6.61 Å². The molecule has 0 amide bonds. The van der Waals surface area contributed by atoms with Crippen LogP contribution in [0.4, 0.5) is 26.3 Å². The van der Waals surface area contributed by atoms with Gasteiger partial charge in [-0.25, -0.2) is 22.0 Å². The van der Waals surface area contributed by atoms with Gasteiger partial charge in [0.15, 0.2) is 34.8 Å². The van der Waals surface area contributed by atoms with Crippen molar-refractivity contribution in [3.05, 3.63) is 99.1 Å². The van der Waals surface area contributed by atoms with Gasteiger partial charge in [0.25, 0.3) is 0 Å². The van der Waals surface area contributed by atoms with E-state index in [-0.39, 0.29) is 52.7 Å². The van der Waals surface area contributed by atoms with E-state index in [1.54, 1.807) is 18.2 Å². The van der Waals surface area contributed by atoms with Crippen molar-refractivity contribution in [2.24, 2.45) is 0 Å². The Balaban J connectivity index is 1.37. The predicted octanol–water partition coefficient (Wildman–Crippen LogP) is 10.0. The second-order valence-corrected chi connectivity index (χ2v) is 10.8. The number of ether oxygens (including phenoxy) is 1. The van der Waals surface area contributed by atoms with Crippen molar-refractivity contribution >= 4 is 0 Å². The van der Waals surface area contributed by atoms with Gasteiger partial charge in [0.05, 0.1) is 6.61 Å². The summed E-state index contributed by atoms with van der Waals surface area (Å²) in [6.45, 7) is 3.89. The van der Waals surface area contributed by atoms with Crippen LogP contribution in [0.25, 0.3) is 0 Å². The summed E-state index contributed by atoms with van der Waals surface area (Å²) in [5, 5.41) is 0. The highest BCUT2D eigenvalue weighted by molar-refractivity contribution is 5.34. The van der Waals surface area contributed by atoms with E-state index in [1.165, 1.54) is 25.1 Å². The van der Waals surface area contributed by atoms with Crippen molar-refractivity contribution in [1.29, 1.82) is 0 Å². The molecule has 0 atom stereocenters. The minimum atomic E-state index is -1.07. The third-order valence-electron chi connectivity index (χ3n) is 8.15. The largest absolute Gasteiger partial charge is 0.490 e. The van der Waals surface area contributed by atoms with E-state index in [4.69, 9.17) is 4.74 Å². The Bertz CT molecular complexity index is 1310. The molecule has 40 heavy (non-hydrogen) atoms. The summed E-state index contributed by atoms with van der Waals surface area (Å²) in [6.07, 6.45) is 5.94. The number of hydrogen-bond donors (Lipinski definition) is 0. The zero-order valence-corrected chi connectivity index (χ0v) is 23.1. The molecule has 1 saturated carbocycles. The Labute approximate surface area is 232 Å². The molecule has 0 radical (unpaired) electrons. The first-order valence-electron chi connectivity index (χ1n) is 14.2. The van der Waals surface area contributed by atoms with Crippen LogP contribution in [0, 0.1) is 41.8 Å². The molecule has 0 unspecified atom stereocenters. The number of rotatable bonds is 11. The molecule has 4 rings (SSSR count). The summed E-state index contributed by atoms with van der Waals surface area (Å²) in [5.41, 5.74) is 0.993. The standard InChI is InChI=1S/C33H36F6O/c1-3-4-5-6-19-40-27-18-15-24(30(36)33(27)39)13-12-23-14-17-26(32(38)29(23)35)22-10-8-21(9-11-22)25-16-7-20(2)28(34)31(25)37/h7,14-18,21-22H,3-6,8-13,19H2,1-2H3. The number of unbranched alkanes of at least 4 members (excludes halogenated alkanes) is 3. The third-order valence-corrected chi connectivity index (χ3v) is 8.15. The van der Waals surface area contributed by atoms with Gasteiger partial charge in [-0.3, -0.25) is 0 Å². The van der Waals surface area contributed by atoms with Crippen molar-refractivity contribution in [3.63, 3.8) is 0 Å². The van der Waals surface area contributed by atoms with Crippen LogP contribution in [0.3, 0.4) is 0 Å². The third kappa shape index (κ3) is 6.67. The minimum absolute atomic E-state index is 0.000970. The first kappa shape index (κ1) is 30.0. The lowest BCUT2D eigenvalue weighted by molar-refractivity contribution is 0.284. The molecule has 0 N–H and O–H groups in total. The fraction of sp³-hybridized carbons (Fsp3) is 0.455. The smallest absolute Gasteiger partial charge is 0.200 e. The molecule has 3 aromatic rings. The SMILES string of the molecule is CCCCCCOc1ccc(CCc2ccc(C3CCC(c4ccc(C)c(F)c4F)CC3)c(F)c2F)c(F)c1F. The average Bonchev–Trinajstić information content (AvgIpc) is 2.96. The van der Waals surface area contributed by atoms with Crippen LogP contribution in [-0.2, 0) is 12.8 Å². The lowest BCUT2D eigenvalue weighted by Gasteiger charge is -2.30. The van der Waals surface area contributed by atoms with Crippen LogP contribution in [0.15, 0.2) is 36.4 Å². The van der Waals surface area contributed by atoms with Crippen molar-refractivity contribution < 1.29 is 31.1 Å². The van der Waals surface area contributed by atoms with E-state index in [0.29, 0.717) is 37.9 Å². The van der Waals surface area contributed by atoms with Crippen LogP contribution >= 0.6 is 0 Å². The maximum Gasteiger partial charge on any atom is 0.200 e. The lowest BCUT2D eigenvalue weighted by atomic mass is 9.75. The van der Waals surface area contributed by atoms with Gasteiger partial charge in [0, 0.05) is 0 Å². The highest BCUT2D eigenvalue weighted by Crippen LogP contribution is 2.42. The van der Waals surface area contributed by atoms with Gasteiger partial charge >= 0.3 is 0 Å². The fourth-order valence-corrected chi connectivity index (χ4v) is 5.66. The van der Waals surface area contributed by atoms with Crippen LogP contribution in [0.2, 0.25) is 0 Å². The maximum atomic E-state index is 15.1. The molecule has 0 spiro atoms. The normalized spacial score (nSPS) is 17.3. The first-order chi connectivity index (χ1) is 19.2. The molecule has 1 aliphatic rings. The fourth-order valence-electron chi connectivity index (χ4n) is 5.66. The van der Waals surface area contributed by atoms with Crippen LogP contribution in [0.1, 0.15) is 97.9 Å². The molecule has 0 bridgehead atoms. The van der Waals surface area contributed by atoms with Gasteiger partial charge in [-0.05, 0) is 97.6 Å². The van der Waals surface area contributed by atoms with E-state index in [0.717, 1.165) is 25.7 Å². The average molecular weight is 563 g/mol. The molecule has 1 nitrogen and oxygen atoms in total. The topological polar surface area (TPSA) is 9.23 Å². The molecular formula is C33H36F6O. The van der Waals surface area contributed by atoms with E-state index in [2.05, 4.69) is 6.92 Å². The Hall–Kier alpha value is -2.96. The molecule has 0 aliphatic heterocycles. The minimum Gasteiger partial charge on any atom is -0.490 e. The summed E-state index contributed by atoms with van der Waals surface area (Å²) in [5.74, 6) is -6.26. The molecule has 1 fully saturated rings. The van der Waals surface area contributed by atoms with E-state index < -0.39 is 34.9 Å². The number of hydrogen-bond acceptors (Lipinski definition) is 1. The van der Waals surface area contributed by atoms with Crippen molar-refractivity contribution in [1.82, 2.24) is 0 Å². The molecule has 1 aliphatic carbocycles. The summed E-state index contributed by atoms with van der Waals surface area (Å²) in [6, 6.07) is 9.02. The molecule has 7 heteroatoms. The van der Waals surface area contributed by atoms with Crippen LogP contribution < -0.4 is 4.74 Å². The molecule has 0 saturated heterocycles. The predicted molar refractivity (Wildman–Crippen MR) is 145 cm³/mol. The van der Waals surface area contributed by atoms with Crippen molar-refractivity contribution in [2.45, 2.75) is 89.9 Å². The van der Waals surface area contributed by atoms with Gasteiger partial charge in [-0.1, -0.05) is 56.5 Å². The maximum absolute atomic E-state index is 15.1. The summed E-state index contributed by atoms with van der Waals surface area (Å²) in [4.78, 5) is 0. The second-order valence-electron chi connectivity index (χ2n) is 10.8. The Morgan fingerprint density at radius 1 is 0.600 bits per heavy atom. The Kier molecular flexibility index (Phi) is 10.2. The van der Waals surface area contributed by atoms with Gasteiger partial charge < -0.3 is 4.74 Å². The highest BCUT2D eigenvalue weighted by Gasteiger charge is 2.29. The number of aryl methyl sites for hydroxylation is 3.